The van der Waals surface area contributed by atoms with Crippen LogP contribution in [-0.4, -0.2) is 16.5 Å². The highest BCUT2D eigenvalue weighted by molar-refractivity contribution is 5.00. The van der Waals surface area contributed by atoms with E-state index in [2.05, 4.69) is 20.8 Å². The Kier molecular flexibility index (Phi) is 2.20. The van der Waals surface area contributed by atoms with Gasteiger partial charge in [-0.15, -0.1) is 0 Å². The van der Waals surface area contributed by atoms with E-state index in [-0.39, 0.29) is 11.0 Å². The van der Waals surface area contributed by atoms with E-state index in [1.165, 1.54) is 0 Å². The maximum absolute atomic E-state index is 10.2. The first-order valence-corrected chi connectivity index (χ1v) is 5.80. The summed E-state index contributed by atoms with van der Waals surface area (Å²) in [5.41, 5.74) is 0.0695. The van der Waals surface area contributed by atoms with E-state index in [1.807, 2.05) is 0 Å². The molecular formula is C12H22O2. The van der Waals surface area contributed by atoms with Crippen LogP contribution < -0.4 is 0 Å². The van der Waals surface area contributed by atoms with E-state index in [0.717, 1.165) is 38.5 Å². The Labute approximate surface area is 86.6 Å². The predicted octanol–water partition coefficient (Wildman–Crippen LogP) is 2.84. The summed E-state index contributed by atoms with van der Waals surface area (Å²) in [4.78, 5) is 0. The minimum atomic E-state index is -0.802. The van der Waals surface area contributed by atoms with Crippen molar-refractivity contribution in [2.24, 2.45) is 5.41 Å². The lowest BCUT2D eigenvalue weighted by atomic mass is 9.66. The van der Waals surface area contributed by atoms with Crippen molar-refractivity contribution >= 4 is 0 Å². The molecule has 2 aliphatic rings. The first kappa shape index (κ1) is 10.4. The molecule has 2 heteroatoms. The van der Waals surface area contributed by atoms with Gasteiger partial charge in [0, 0.05) is 12.8 Å². The SMILES string of the molecule is CC(C)(C)C12CCCC(O)(CCC1)O2. The molecule has 0 radical (unpaired) electrons. The fourth-order valence-electron chi connectivity index (χ4n) is 3.02. The molecule has 2 nitrogen and oxygen atoms in total. The van der Waals surface area contributed by atoms with Crippen molar-refractivity contribution in [3.63, 3.8) is 0 Å². The van der Waals surface area contributed by atoms with Gasteiger partial charge in [-0.05, 0) is 31.1 Å². The first-order valence-electron chi connectivity index (χ1n) is 5.80. The second-order valence-electron chi connectivity index (χ2n) is 6.00. The maximum atomic E-state index is 10.2. The molecule has 1 N–H and O–H groups in total. The normalized spacial score (nSPS) is 43.7. The van der Waals surface area contributed by atoms with Crippen LogP contribution in [-0.2, 0) is 4.74 Å². The molecule has 0 aliphatic carbocycles. The smallest absolute Gasteiger partial charge is 0.166 e. The standard InChI is InChI=1S/C12H22O2/c1-10(2,3)11-6-4-8-12(13,14-11)9-5-7-11/h13H,4-9H2,1-3H3. The molecule has 2 bridgehead atoms. The van der Waals surface area contributed by atoms with Crippen molar-refractivity contribution in [1.29, 1.82) is 0 Å². The quantitative estimate of drug-likeness (QED) is 0.648. The van der Waals surface area contributed by atoms with E-state index >= 15 is 0 Å². The number of aliphatic hydroxyl groups is 1. The molecule has 0 aromatic carbocycles. The lowest BCUT2D eigenvalue weighted by molar-refractivity contribution is -0.338. The van der Waals surface area contributed by atoms with Gasteiger partial charge in [0.1, 0.15) is 0 Å². The number of rotatable bonds is 0. The molecule has 2 rings (SSSR count). The summed E-state index contributed by atoms with van der Waals surface area (Å²) >= 11 is 0. The van der Waals surface area contributed by atoms with Crippen LogP contribution in [0.3, 0.4) is 0 Å². The van der Waals surface area contributed by atoms with Crippen LogP contribution in [0.15, 0.2) is 0 Å². The number of fused-ring (bicyclic) bond motifs is 2. The van der Waals surface area contributed by atoms with E-state index in [4.69, 9.17) is 4.74 Å². The van der Waals surface area contributed by atoms with Crippen LogP contribution >= 0.6 is 0 Å². The third-order valence-electron chi connectivity index (χ3n) is 4.05. The van der Waals surface area contributed by atoms with Crippen LogP contribution in [0.4, 0.5) is 0 Å². The summed E-state index contributed by atoms with van der Waals surface area (Å²) in [5, 5.41) is 10.2. The van der Waals surface area contributed by atoms with Gasteiger partial charge >= 0.3 is 0 Å². The zero-order valence-corrected chi connectivity index (χ0v) is 9.60. The fourth-order valence-corrected chi connectivity index (χ4v) is 3.02. The molecule has 0 saturated carbocycles. The summed E-state index contributed by atoms with van der Waals surface area (Å²) in [6.07, 6.45) is 6.08. The molecule has 82 valence electrons. The highest BCUT2D eigenvalue weighted by atomic mass is 16.6. The molecular weight excluding hydrogens is 176 g/mol. The molecule has 0 atom stereocenters. The summed E-state index contributed by atoms with van der Waals surface area (Å²) in [7, 11) is 0. The minimum Gasteiger partial charge on any atom is -0.365 e. The van der Waals surface area contributed by atoms with Gasteiger partial charge in [0.2, 0.25) is 0 Å². The van der Waals surface area contributed by atoms with Crippen molar-refractivity contribution < 1.29 is 9.84 Å². The number of hydrogen-bond donors (Lipinski definition) is 1. The second-order valence-corrected chi connectivity index (χ2v) is 6.00. The summed E-state index contributed by atoms with van der Waals surface area (Å²) < 4.78 is 6.02. The van der Waals surface area contributed by atoms with Crippen LogP contribution in [0.1, 0.15) is 59.3 Å². The first-order chi connectivity index (χ1) is 6.37. The lowest BCUT2D eigenvalue weighted by Crippen LogP contribution is -2.58. The molecule has 0 unspecified atom stereocenters. The molecule has 2 saturated heterocycles. The Morgan fingerprint density at radius 1 is 1.00 bits per heavy atom. The van der Waals surface area contributed by atoms with E-state index in [0.29, 0.717) is 0 Å². The lowest BCUT2D eigenvalue weighted by Gasteiger charge is -2.55. The van der Waals surface area contributed by atoms with Gasteiger partial charge in [-0.1, -0.05) is 20.8 Å². The van der Waals surface area contributed by atoms with Gasteiger partial charge in [0.15, 0.2) is 5.79 Å². The van der Waals surface area contributed by atoms with E-state index in [9.17, 15) is 5.11 Å². The van der Waals surface area contributed by atoms with Gasteiger partial charge < -0.3 is 9.84 Å². The fraction of sp³-hybridized carbons (Fsp3) is 1.00. The minimum absolute atomic E-state index is 0.0712. The van der Waals surface area contributed by atoms with Gasteiger partial charge in [-0.3, -0.25) is 0 Å². The third kappa shape index (κ3) is 1.49. The summed E-state index contributed by atoms with van der Waals surface area (Å²) in [6, 6.07) is 0. The maximum Gasteiger partial charge on any atom is 0.166 e. The summed E-state index contributed by atoms with van der Waals surface area (Å²) in [5.74, 6) is -0.802. The highest BCUT2D eigenvalue weighted by Crippen LogP contribution is 2.52. The average Bonchev–Trinajstić information content (AvgIpc) is 2.00. The van der Waals surface area contributed by atoms with Gasteiger partial charge in [-0.2, -0.15) is 0 Å². The molecule has 2 aliphatic heterocycles. The van der Waals surface area contributed by atoms with Crippen LogP contribution in [0.2, 0.25) is 0 Å². The average molecular weight is 198 g/mol. The summed E-state index contributed by atoms with van der Waals surface area (Å²) in [6.45, 7) is 6.68. The second kappa shape index (κ2) is 2.96. The Balaban J connectivity index is 2.27. The molecule has 2 heterocycles. The number of hydrogen-bond acceptors (Lipinski definition) is 2. The molecule has 0 aromatic heterocycles. The van der Waals surface area contributed by atoms with E-state index in [1.54, 1.807) is 0 Å². The van der Waals surface area contributed by atoms with Crippen LogP contribution in [0.25, 0.3) is 0 Å². The van der Waals surface area contributed by atoms with E-state index < -0.39 is 5.79 Å². The van der Waals surface area contributed by atoms with Crippen LogP contribution in [0.5, 0.6) is 0 Å². The Hall–Kier alpha value is -0.0800. The molecule has 2 fully saturated rings. The zero-order valence-electron chi connectivity index (χ0n) is 9.60. The zero-order chi connectivity index (χ0) is 10.4. The Morgan fingerprint density at radius 2 is 1.50 bits per heavy atom. The largest absolute Gasteiger partial charge is 0.365 e. The Bertz CT molecular complexity index is 217. The number of ether oxygens (including phenoxy) is 1. The van der Waals surface area contributed by atoms with Gasteiger partial charge in [0.25, 0.3) is 0 Å². The van der Waals surface area contributed by atoms with Crippen molar-refractivity contribution in [3.8, 4) is 0 Å². The molecule has 0 aromatic rings. The molecule has 0 amide bonds. The van der Waals surface area contributed by atoms with Gasteiger partial charge in [0.05, 0.1) is 5.60 Å². The topological polar surface area (TPSA) is 29.5 Å². The monoisotopic (exact) mass is 198 g/mol. The van der Waals surface area contributed by atoms with Crippen molar-refractivity contribution in [2.75, 3.05) is 0 Å². The highest BCUT2D eigenvalue weighted by Gasteiger charge is 2.53. The predicted molar refractivity (Wildman–Crippen MR) is 55.9 cm³/mol. The Morgan fingerprint density at radius 3 is 1.86 bits per heavy atom. The van der Waals surface area contributed by atoms with Crippen molar-refractivity contribution in [3.05, 3.63) is 0 Å². The molecule has 0 spiro atoms. The molecule has 14 heavy (non-hydrogen) atoms. The van der Waals surface area contributed by atoms with Gasteiger partial charge in [-0.25, -0.2) is 0 Å². The third-order valence-corrected chi connectivity index (χ3v) is 4.05. The van der Waals surface area contributed by atoms with Crippen molar-refractivity contribution in [1.82, 2.24) is 0 Å². The van der Waals surface area contributed by atoms with Crippen molar-refractivity contribution in [2.45, 2.75) is 70.7 Å². The van der Waals surface area contributed by atoms with Crippen LogP contribution in [0, 0.1) is 5.41 Å².